The van der Waals surface area contributed by atoms with E-state index in [1.807, 2.05) is 30.5 Å². The molecule has 2 aromatic carbocycles. The maximum absolute atomic E-state index is 14.1. The molecule has 0 bridgehead atoms. The number of hydrogen-bond acceptors (Lipinski definition) is 4. The number of H-pyrrole nitrogens is 1. The van der Waals surface area contributed by atoms with Crippen LogP contribution in [0.4, 0.5) is 4.39 Å². The van der Waals surface area contributed by atoms with Crippen molar-refractivity contribution in [3.05, 3.63) is 66.1 Å². The van der Waals surface area contributed by atoms with Crippen molar-refractivity contribution in [2.24, 2.45) is 0 Å². The molecule has 0 spiro atoms. The summed E-state index contributed by atoms with van der Waals surface area (Å²) in [7, 11) is -4.00. The number of fused-ring (bicyclic) bond motifs is 1. The largest absolute Gasteiger partial charge is 0.361 e. The molecule has 1 atom stereocenters. The molecular weight excluding hydrogens is 447 g/mol. The summed E-state index contributed by atoms with van der Waals surface area (Å²) in [6.45, 7) is 1.74. The number of aromatic amines is 1. The predicted molar refractivity (Wildman–Crippen MR) is 121 cm³/mol. The monoisotopic (exact) mass is 472 g/mol. The standard InChI is InChI=1S/C23H25FN4O4S/c1-16(29)26-21(14-17-15-25-20-8-4-2-6-18(17)20)23(30)27-10-12-28(13-11-27)33(31,32)22-9-5-3-7-19(22)24/h2-9,15,21,25H,10-14H2,1H3,(H,26,29)/t21-/m0/s1. The molecule has 0 unspecified atom stereocenters. The van der Waals surface area contributed by atoms with E-state index in [0.29, 0.717) is 6.42 Å². The van der Waals surface area contributed by atoms with Gasteiger partial charge in [-0.25, -0.2) is 12.8 Å². The van der Waals surface area contributed by atoms with Crippen LogP contribution in [0.3, 0.4) is 0 Å². The van der Waals surface area contributed by atoms with Crippen LogP contribution in [-0.2, 0) is 26.0 Å². The van der Waals surface area contributed by atoms with E-state index in [1.54, 1.807) is 4.90 Å². The lowest BCUT2D eigenvalue weighted by Gasteiger charge is -2.36. The highest BCUT2D eigenvalue weighted by Crippen LogP contribution is 2.22. The number of carbonyl (C=O) groups excluding carboxylic acids is 2. The van der Waals surface area contributed by atoms with E-state index in [0.717, 1.165) is 22.5 Å². The van der Waals surface area contributed by atoms with E-state index in [1.165, 1.54) is 29.4 Å². The van der Waals surface area contributed by atoms with Crippen molar-refractivity contribution >= 4 is 32.7 Å². The Hall–Kier alpha value is -3.24. The van der Waals surface area contributed by atoms with Gasteiger partial charge in [-0.15, -0.1) is 0 Å². The normalized spacial score (nSPS) is 16.0. The van der Waals surface area contributed by atoms with E-state index >= 15 is 0 Å². The number of benzene rings is 2. The van der Waals surface area contributed by atoms with Crippen LogP contribution < -0.4 is 5.32 Å². The maximum atomic E-state index is 14.1. The smallest absolute Gasteiger partial charge is 0.246 e. The first kappa shape index (κ1) is 22.9. The second kappa shape index (κ2) is 9.32. The van der Waals surface area contributed by atoms with E-state index in [4.69, 9.17) is 0 Å². The second-order valence-electron chi connectivity index (χ2n) is 7.98. The predicted octanol–water partition coefficient (Wildman–Crippen LogP) is 1.89. The molecule has 4 rings (SSSR count). The molecule has 10 heteroatoms. The van der Waals surface area contributed by atoms with Crippen LogP contribution in [0, 0.1) is 5.82 Å². The highest BCUT2D eigenvalue weighted by atomic mass is 32.2. The number of rotatable bonds is 6. The molecule has 0 radical (unpaired) electrons. The number of para-hydroxylation sites is 1. The SMILES string of the molecule is CC(=O)N[C@@H](Cc1c[nH]c2ccccc12)C(=O)N1CCN(S(=O)(=O)c2ccccc2F)CC1. The lowest BCUT2D eigenvalue weighted by Crippen LogP contribution is -2.56. The Morgan fingerprint density at radius 2 is 1.73 bits per heavy atom. The first-order valence-corrected chi connectivity index (χ1v) is 12.1. The minimum absolute atomic E-state index is 0.0439. The van der Waals surface area contributed by atoms with Crippen LogP contribution in [0.1, 0.15) is 12.5 Å². The molecule has 33 heavy (non-hydrogen) atoms. The summed E-state index contributed by atoms with van der Waals surface area (Å²) in [5.41, 5.74) is 1.84. The first-order valence-electron chi connectivity index (χ1n) is 10.6. The number of carbonyl (C=O) groups is 2. The molecule has 1 fully saturated rings. The summed E-state index contributed by atoms with van der Waals surface area (Å²) in [4.78, 5) is 29.4. The van der Waals surface area contributed by atoms with Gasteiger partial charge >= 0.3 is 0 Å². The van der Waals surface area contributed by atoms with Gasteiger partial charge in [0.15, 0.2) is 0 Å². The fourth-order valence-corrected chi connectivity index (χ4v) is 5.62. The van der Waals surface area contributed by atoms with Crippen molar-refractivity contribution in [1.82, 2.24) is 19.5 Å². The average molecular weight is 473 g/mol. The number of hydrogen-bond donors (Lipinski definition) is 2. The van der Waals surface area contributed by atoms with Gasteiger partial charge in [0, 0.05) is 56.6 Å². The zero-order valence-corrected chi connectivity index (χ0v) is 18.9. The van der Waals surface area contributed by atoms with Crippen LogP contribution in [0.25, 0.3) is 10.9 Å². The molecule has 8 nitrogen and oxygen atoms in total. The summed E-state index contributed by atoms with van der Waals surface area (Å²) in [6, 6.07) is 12.2. The third kappa shape index (κ3) is 4.76. The van der Waals surface area contributed by atoms with Gasteiger partial charge in [0.25, 0.3) is 0 Å². The van der Waals surface area contributed by atoms with Gasteiger partial charge < -0.3 is 15.2 Å². The number of piperazine rings is 1. The molecule has 1 saturated heterocycles. The van der Waals surface area contributed by atoms with E-state index < -0.39 is 21.9 Å². The summed E-state index contributed by atoms with van der Waals surface area (Å²) in [5, 5.41) is 3.70. The Morgan fingerprint density at radius 3 is 2.42 bits per heavy atom. The molecule has 1 aromatic heterocycles. The van der Waals surface area contributed by atoms with Crippen molar-refractivity contribution < 1.29 is 22.4 Å². The highest BCUT2D eigenvalue weighted by molar-refractivity contribution is 7.89. The number of amides is 2. The highest BCUT2D eigenvalue weighted by Gasteiger charge is 2.34. The van der Waals surface area contributed by atoms with Crippen molar-refractivity contribution in [2.45, 2.75) is 24.3 Å². The van der Waals surface area contributed by atoms with Crippen LogP contribution in [0.5, 0.6) is 0 Å². The summed E-state index contributed by atoms with van der Waals surface area (Å²) >= 11 is 0. The molecule has 2 amide bonds. The van der Waals surface area contributed by atoms with Gasteiger partial charge in [0.05, 0.1) is 0 Å². The number of aromatic nitrogens is 1. The third-order valence-corrected chi connectivity index (χ3v) is 7.71. The topological polar surface area (TPSA) is 103 Å². The minimum atomic E-state index is -4.00. The molecular formula is C23H25FN4O4S. The van der Waals surface area contributed by atoms with Crippen molar-refractivity contribution in [3.63, 3.8) is 0 Å². The van der Waals surface area contributed by atoms with Crippen LogP contribution in [0.2, 0.25) is 0 Å². The number of nitrogens with zero attached hydrogens (tertiary/aromatic N) is 2. The molecule has 1 aliphatic heterocycles. The number of sulfonamides is 1. The molecule has 2 N–H and O–H groups in total. The lowest BCUT2D eigenvalue weighted by molar-refractivity contribution is -0.137. The van der Waals surface area contributed by atoms with Crippen LogP contribution in [0.15, 0.2) is 59.6 Å². The Bertz CT molecular complexity index is 1280. The van der Waals surface area contributed by atoms with E-state index in [9.17, 15) is 22.4 Å². The van der Waals surface area contributed by atoms with Gasteiger partial charge in [-0.1, -0.05) is 30.3 Å². The van der Waals surface area contributed by atoms with E-state index in [-0.39, 0.29) is 42.9 Å². The molecule has 174 valence electrons. The van der Waals surface area contributed by atoms with Crippen molar-refractivity contribution in [3.8, 4) is 0 Å². The zero-order valence-electron chi connectivity index (χ0n) is 18.1. The van der Waals surface area contributed by atoms with Crippen LogP contribution >= 0.6 is 0 Å². The number of halogens is 1. The summed E-state index contributed by atoms with van der Waals surface area (Å²) in [6.07, 6.45) is 2.13. The molecule has 2 heterocycles. The molecule has 1 aliphatic rings. The Morgan fingerprint density at radius 1 is 1.06 bits per heavy atom. The Balaban J connectivity index is 1.47. The Labute approximate surface area is 191 Å². The quantitative estimate of drug-likeness (QED) is 0.572. The van der Waals surface area contributed by atoms with Crippen molar-refractivity contribution in [1.29, 1.82) is 0 Å². The minimum Gasteiger partial charge on any atom is -0.361 e. The molecule has 3 aromatic rings. The maximum Gasteiger partial charge on any atom is 0.246 e. The van der Waals surface area contributed by atoms with Gasteiger partial charge in [-0.05, 0) is 23.8 Å². The van der Waals surface area contributed by atoms with Crippen LogP contribution in [-0.4, -0.2) is 66.6 Å². The lowest BCUT2D eigenvalue weighted by atomic mass is 10.0. The summed E-state index contributed by atoms with van der Waals surface area (Å²) < 4.78 is 40.9. The average Bonchev–Trinajstić information content (AvgIpc) is 3.21. The second-order valence-corrected chi connectivity index (χ2v) is 9.88. The van der Waals surface area contributed by atoms with Gasteiger partial charge in [0.2, 0.25) is 21.8 Å². The van der Waals surface area contributed by atoms with E-state index in [2.05, 4.69) is 10.3 Å². The summed E-state index contributed by atoms with van der Waals surface area (Å²) in [5.74, 6) is -1.41. The van der Waals surface area contributed by atoms with Gasteiger partial charge in [-0.3, -0.25) is 9.59 Å². The molecule has 0 saturated carbocycles. The van der Waals surface area contributed by atoms with Gasteiger partial charge in [0.1, 0.15) is 16.8 Å². The van der Waals surface area contributed by atoms with Crippen molar-refractivity contribution in [2.75, 3.05) is 26.2 Å². The fraction of sp³-hybridized carbons (Fsp3) is 0.304. The first-order chi connectivity index (χ1) is 15.8. The zero-order chi connectivity index (χ0) is 23.6. The third-order valence-electron chi connectivity index (χ3n) is 5.78. The fourth-order valence-electron chi connectivity index (χ4n) is 4.13. The number of nitrogens with one attached hydrogen (secondary N) is 2. The molecule has 0 aliphatic carbocycles. The van der Waals surface area contributed by atoms with Gasteiger partial charge in [-0.2, -0.15) is 4.31 Å². The Kier molecular flexibility index (Phi) is 6.48.